The first kappa shape index (κ1) is 20.6. The zero-order chi connectivity index (χ0) is 22.8. The third-order valence-electron chi connectivity index (χ3n) is 5.45. The van der Waals surface area contributed by atoms with Crippen molar-refractivity contribution in [2.45, 2.75) is 19.9 Å². The topological polar surface area (TPSA) is 115 Å². The third kappa shape index (κ3) is 4.23. The molecule has 0 saturated heterocycles. The second kappa shape index (κ2) is 8.66. The number of pyridine rings is 1. The third-order valence-corrected chi connectivity index (χ3v) is 5.45. The molecule has 33 heavy (non-hydrogen) atoms. The van der Waals surface area contributed by atoms with Gasteiger partial charge in [-0.3, -0.25) is 9.78 Å². The molecule has 0 bridgehead atoms. The summed E-state index contributed by atoms with van der Waals surface area (Å²) in [7, 11) is 0. The minimum atomic E-state index is -0.451. The molecule has 8 nitrogen and oxygen atoms in total. The van der Waals surface area contributed by atoms with E-state index in [2.05, 4.69) is 17.2 Å². The summed E-state index contributed by atoms with van der Waals surface area (Å²) >= 11 is 0. The highest BCUT2D eigenvalue weighted by Gasteiger charge is 2.19. The van der Waals surface area contributed by atoms with Crippen molar-refractivity contribution in [2.75, 3.05) is 12.1 Å². The molecule has 0 radical (unpaired) electrons. The Balaban J connectivity index is 1.48. The van der Waals surface area contributed by atoms with Crippen LogP contribution in [0.25, 0.3) is 22.6 Å². The number of imidazole rings is 1. The molecule has 8 heteroatoms. The fraction of sp³-hybridized carbons (Fsp3) is 0.160. The number of nitrogens with zero attached hydrogens (tertiary/aromatic N) is 2. The molecule has 4 aromatic rings. The van der Waals surface area contributed by atoms with Crippen LogP contribution in [0.2, 0.25) is 0 Å². The molecule has 1 aliphatic rings. The number of nitrogens with one attached hydrogen (secondary N) is 2. The van der Waals surface area contributed by atoms with Crippen LogP contribution in [0, 0.1) is 0 Å². The Hall–Kier alpha value is -4.33. The quantitative estimate of drug-likeness (QED) is 0.397. The molecule has 3 heterocycles. The van der Waals surface area contributed by atoms with Crippen LogP contribution in [0.3, 0.4) is 0 Å². The van der Waals surface area contributed by atoms with Crippen molar-refractivity contribution in [3.8, 4) is 34.1 Å². The number of fused-ring (bicyclic) bond motifs is 1. The van der Waals surface area contributed by atoms with Crippen LogP contribution in [0.1, 0.15) is 28.8 Å². The summed E-state index contributed by atoms with van der Waals surface area (Å²) in [5.74, 6) is 1.72. The Kier molecular flexibility index (Phi) is 5.40. The number of benzene rings is 2. The summed E-state index contributed by atoms with van der Waals surface area (Å²) < 4.78 is 11.0. The summed E-state index contributed by atoms with van der Waals surface area (Å²) in [5, 5.41) is 3.32. The maximum atomic E-state index is 11.3. The number of amides is 1. The lowest BCUT2D eigenvalue weighted by atomic mass is 10.1. The van der Waals surface area contributed by atoms with E-state index < -0.39 is 5.91 Å². The number of carbonyl (C=O) groups is 1. The van der Waals surface area contributed by atoms with E-state index in [-0.39, 0.29) is 6.79 Å². The van der Waals surface area contributed by atoms with Crippen LogP contribution in [0.5, 0.6) is 11.5 Å². The number of primary amides is 1. The van der Waals surface area contributed by atoms with E-state index in [9.17, 15) is 4.79 Å². The van der Waals surface area contributed by atoms with E-state index in [1.54, 1.807) is 12.1 Å². The maximum Gasteiger partial charge on any atom is 0.248 e. The number of carbonyl (C=O) groups excluding carboxylic acids is 1. The minimum Gasteiger partial charge on any atom is -0.454 e. The normalized spacial score (nSPS) is 12.0. The number of anilines is 1. The van der Waals surface area contributed by atoms with E-state index in [1.807, 2.05) is 48.5 Å². The van der Waals surface area contributed by atoms with Gasteiger partial charge < -0.3 is 25.5 Å². The van der Waals surface area contributed by atoms with Crippen LogP contribution in [0.15, 0.2) is 60.7 Å². The van der Waals surface area contributed by atoms with Gasteiger partial charge in [-0.1, -0.05) is 13.0 Å². The second-order valence-electron chi connectivity index (χ2n) is 7.64. The van der Waals surface area contributed by atoms with Crippen LogP contribution in [0.4, 0.5) is 5.69 Å². The molecule has 0 atom stereocenters. The predicted octanol–water partition coefficient (Wildman–Crippen LogP) is 4.14. The summed E-state index contributed by atoms with van der Waals surface area (Å²) in [6.45, 7) is 2.76. The lowest BCUT2D eigenvalue weighted by molar-refractivity contribution is 0.100. The van der Waals surface area contributed by atoms with Crippen molar-refractivity contribution in [3.63, 3.8) is 0 Å². The van der Waals surface area contributed by atoms with Crippen molar-refractivity contribution < 1.29 is 14.3 Å². The van der Waals surface area contributed by atoms with Crippen molar-refractivity contribution in [3.05, 3.63) is 77.7 Å². The summed E-state index contributed by atoms with van der Waals surface area (Å²) in [5.41, 5.74) is 11.0. The van der Waals surface area contributed by atoms with Crippen LogP contribution in [-0.4, -0.2) is 27.7 Å². The van der Waals surface area contributed by atoms with Crippen LogP contribution >= 0.6 is 0 Å². The Morgan fingerprint density at radius 2 is 1.88 bits per heavy atom. The number of hydrogen-bond acceptors (Lipinski definition) is 6. The monoisotopic (exact) mass is 441 g/mol. The van der Waals surface area contributed by atoms with Gasteiger partial charge in [0.15, 0.2) is 11.5 Å². The smallest absolute Gasteiger partial charge is 0.248 e. The lowest BCUT2D eigenvalue weighted by Crippen LogP contribution is -2.10. The first-order valence-electron chi connectivity index (χ1n) is 10.7. The van der Waals surface area contributed by atoms with Gasteiger partial charge in [0.2, 0.25) is 12.7 Å². The molecule has 0 fully saturated rings. The molecule has 0 aliphatic carbocycles. The number of H-pyrrole nitrogens is 1. The molecule has 1 amide bonds. The summed E-state index contributed by atoms with van der Waals surface area (Å²) in [4.78, 5) is 24.4. The molecule has 5 rings (SSSR count). The van der Waals surface area contributed by atoms with Crippen molar-refractivity contribution >= 4 is 11.6 Å². The van der Waals surface area contributed by atoms with Gasteiger partial charge in [-0.25, -0.2) is 4.98 Å². The Morgan fingerprint density at radius 3 is 2.67 bits per heavy atom. The zero-order valence-electron chi connectivity index (χ0n) is 18.1. The number of nitrogens with two attached hydrogens (primary N) is 1. The van der Waals surface area contributed by atoms with Gasteiger partial charge in [-0.2, -0.15) is 0 Å². The molecular formula is C25H23N5O3. The highest BCUT2D eigenvalue weighted by Crippen LogP contribution is 2.38. The average Bonchev–Trinajstić information content (AvgIpc) is 3.49. The molecular weight excluding hydrogens is 418 g/mol. The maximum absolute atomic E-state index is 11.3. The zero-order valence-corrected chi connectivity index (χ0v) is 18.1. The molecule has 4 N–H and O–H groups in total. The molecule has 2 aromatic heterocycles. The van der Waals surface area contributed by atoms with Gasteiger partial charge in [-0.15, -0.1) is 0 Å². The molecule has 1 aliphatic heterocycles. The fourth-order valence-corrected chi connectivity index (χ4v) is 3.70. The number of aromatic nitrogens is 3. The van der Waals surface area contributed by atoms with E-state index in [4.69, 9.17) is 25.2 Å². The van der Waals surface area contributed by atoms with Crippen molar-refractivity contribution in [2.24, 2.45) is 5.73 Å². The lowest BCUT2D eigenvalue weighted by Gasteiger charge is -2.05. The van der Waals surface area contributed by atoms with E-state index >= 15 is 0 Å². The number of rotatable bonds is 7. The number of aryl methyl sites for hydroxylation is 1. The molecule has 0 spiro atoms. The predicted molar refractivity (Wildman–Crippen MR) is 125 cm³/mol. The van der Waals surface area contributed by atoms with E-state index in [0.717, 1.165) is 52.0 Å². The highest BCUT2D eigenvalue weighted by atomic mass is 16.7. The largest absolute Gasteiger partial charge is 0.454 e. The summed E-state index contributed by atoms with van der Waals surface area (Å²) in [6, 6.07) is 18.8. The summed E-state index contributed by atoms with van der Waals surface area (Å²) in [6.07, 6.45) is 0.844. The number of ether oxygens (including phenoxy) is 2. The van der Waals surface area contributed by atoms with Gasteiger partial charge in [0.25, 0.3) is 0 Å². The number of aromatic amines is 1. The van der Waals surface area contributed by atoms with Gasteiger partial charge in [0.05, 0.1) is 23.6 Å². The van der Waals surface area contributed by atoms with Gasteiger partial charge in [0, 0.05) is 22.5 Å². The van der Waals surface area contributed by atoms with Crippen LogP contribution < -0.4 is 20.5 Å². The Morgan fingerprint density at radius 1 is 1.06 bits per heavy atom. The van der Waals surface area contributed by atoms with Gasteiger partial charge in [-0.05, 0) is 61.0 Å². The molecule has 0 saturated carbocycles. The fourth-order valence-electron chi connectivity index (χ4n) is 3.70. The Bertz CT molecular complexity index is 1310. The molecule has 0 unspecified atom stereocenters. The first-order valence-corrected chi connectivity index (χ1v) is 10.7. The Labute approximate surface area is 190 Å². The van der Waals surface area contributed by atoms with Gasteiger partial charge >= 0.3 is 0 Å². The highest BCUT2D eigenvalue weighted by molar-refractivity contribution is 5.93. The first-order chi connectivity index (χ1) is 16.1. The van der Waals surface area contributed by atoms with E-state index in [1.165, 1.54) is 0 Å². The SMILES string of the molecule is CCc1cccc(-c2[nH]c(CNc3ccc(C(N)=O)cc3)nc2-c2ccc3c(c2)OCO3)n1. The van der Waals surface area contributed by atoms with E-state index in [0.29, 0.717) is 17.9 Å². The van der Waals surface area contributed by atoms with Gasteiger partial charge in [0.1, 0.15) is 5.82 Å². The van der Waals surface area contributed by atoms with Crippen molar-refractivity contribution in [1.29, 1.82) is 0 Å². The standard InChI is InChI=1S/C25H23N5O3/c1-2-17-4-3-5-19(28-17)24-23(16-8-11-20-21(12-16)33-14-32-20)29-22(30-24)13-27-18-9-6-15(7-10-18)25(26)31/h3-12,27H,2,13-14H2,1H3,(H2,26,31)(H,29,30). The average molecular weight is 441 g/mol. The minimum absolute atomic E-state index is 0.218. The second-order valence-corrected chi connectivity index (χ2v) is 7.64. The molecule has 2 aromatic carbocycles. The number of hydrogen-bond donors (Lipinski definition) is 3. The van der Waals surface area contributed by atoms with Crippen LogP contribution in [-0.2, 0) is 13.0 Å². The van der Waals surface area contributed by atoms with Crippen molar-refractivity contribution in [1.82, 2.24) is 15.0 Å². The molecule has 166 valence electrons.